The number of hydrogen-bond donors (Lipinski definition) is 2. The first-order valence-corrected chi connectivity index (χ1v) is 7.62. The molecule has 1 heterocycles. The van der Waals surface area contributed by atoms with Crippen LogP contribution in [-0.2, 0) is 10.0 Å². The number of halogens is 2. The van der Waals surface area contributed by atoms with E-state index in [0.29, 0.717) is 12.2 Å². The lowest BCUT2D eigenvalue weighted by atomic mass is 10.0. The van der Waals surface area contributed by atoms with Crippen LogP contribution in [0, 0.1) is 6.92 Å². The van der Waals surface area contributed by atoms with Crippen molar-refractivity contribution in [1.82, 2.24) is 14.7 Å². The summed E-state index contributed by atoms with van der Waals surface area (Å²) in [6, 6.07) is 0. The fraction of sp³-hybridized carbons (Fsp3) is 0.667. The molecule has 0 amide bonds. The van der Waals surface area contributed by atoms with E-state index >= 15 is 0 Å². The molecule has 0 spiro atoms. The minimum atomic E-state index is -3.67. The molecule has 0 aliphatic carbocycles. The van der Waals surface area contributed by atoms with Crippen LogP contribution in [0.4, 0.5) is 0 Å². The van der Waals surface area contributed by atoms with Gasteiger partial charge >= 0.3 is 0 Å². The predicted octanol–water partition coefficient (Wildman–Crippen LogP) is 1.62. The maximum atomic E-state index is 12.0. The molecule has 2 N–H and O–H groups in total. The number of rotatable bonds is 6. The third kappa shape index (κ3) is 3.34. The summed E-state index contributed by atoms with van der Waals surface area (Å²) in [5, 5.41) is 0.0167. The topological polar surface area (TPSA) is 74.8 Å². The van der Waals surface area contributed by atoms with E-state index in [4.69, 9.17) is 23.2 Å². The largest absolute Gasteiger partial charge is 0.332 e. The van der Waals surface area contributed by atoms with Gasteiger partial charge in [0.1, 0.15) is 5.82 Å². The second-order valence-corrected chi connectivity index (χ2v) is 6.02. The summed E-state index contributed by atoms with van der Waals surface area (Å²) in [6.45, 7) is 3.50. The average molecular weight is 300 g/mol. The number of sulfonamides is 1. The van der Waals surface area contributed by atoms with Crippen LogP contribution in [0.5, 0.6) is 0 Å². The van der Waals surface area contributed by atoms with Gasteiger partial charge in [-0.1, -0.05) is 6.92 Å². The molecule has 1 rings (SSSR count). The molecule has 5 nitrogen and oxygen atoms in total. The first-order chi connectivity index (χ1) is 7.89. The Hall–Kier alpha value is -0.300. The van der Waals surface area contributed by atoms with Crippen molar-refractivity contribution in [2.45, 2.75) is 30.8 Å². The van der Waals surface area contributed by atoms with E-state index in [2.05, 4.69) is 14.7 Å². The standard InChI is InChI=1S/C9H15Cl2N3O2S/c1-3-9(5-10,6-11)14-17(15,16)8-4-12-7(2)13-8/h4,14H,3,5-6H2,1-2H3,(H,12,13). The summed E-state index contributed by atoms with van der Waals surface area (Å²) in [4.78, 5) is 6.51. The molecule has 0 saturated heterocycles. The fourth-order valence-electron chi connectivity index (χ4n) is 1.23. The number of alkyl halides is 2. The second-order valence-electron chi connectivity index (χ2n) is 3.84. The van der Waals surface area contributed by atoms with Crippen LogP contribution in [0.1, 0.15) is 19.2 Å². The van der Waals surface area contributed by atoms with E-state index in [0.717, 1.165) is 0 Å². The Balaban J connectivity index is 3.00. The Morgan fingerprint density at radius 2 is 2.06 bits per heavy atom. The molecule has 17 heavy (non-hydrogen) atoms. The van der Waals surface area contributed by atoms with Gasteiger partial charge in [-0.15, -0.1) is 23.2 Å². The predicted molar refractivity (Wildman–Crippen MR) is 68.1 cm³/mol. The zero-order chi connectivity index (χ0) is 13.1. The average Bonchev–Trinajstić information content (AvgIpc) is 2.74. The van der Waals surface area contributed by atoms with E-state index in [1.54, 1.807) is 6.92 Å². The van der Waals surface area contributed by atoms with E-state index in [-0.39, 0.29) is 16.8 Å². The molecule has 0 bridgehead atoms. The van der Waals surface area contributed by atoms with Crippen LogP contribution in [0.15, 0.2) is 11.2 Å². The van der Waals surface area contributed by atoms with Crippen molar-refractivity contribution in [3.8, 4) is 0 Å². The number of aromatic amines is 1. The summed E-state index contributed by atoms with van der Waals surface area (Å²) in [5.74, 6) is 0.753. The fourth-order valence-corrected chi connectivity index (χ4v) is 3.62. The maximum Gasteiger partial charge on any atom is 0.258 e. The Kier molecular flexibility index (Phi) is 4.83. The highest BCUT2D eigenvalue weighted by molar-refractivity contribution is 7.89. The molecule has 8 heteroatoms. The zero-order valence-electron chi connectivity index (χ0n) is 9.63. The van der Waals surface area contributed by atoms with E-state index in [9.17, 15) is 8.42 Å². The summed E-state index contributed by atoms with van der Waals surface area (Å²) < 4.78 is 26.6. The van der Waals surface area contributed by atoms with E-state index < -0.39 is 15.6 Å². The van der Waals surface area contributed by atoms with Crippen molar-refractivity contribution in [2.75, 3.05) is 11.8 Å². The van der Waals surface area contributed by atoms with E-state index in [1.165, 1.54) is 6.20 Å². The molecule has 0 fully saturated rings. The summed E-state index contributed by atoms with van der Waals surface area (Å²) in [6.07, 6.45) is 1.77. The van der Waals surface area contributed by atoms with Crippen molar-refractivity contribution in [3.63, 3.8) is 0 Å². The lowest BCUT2D eigenvalue weighted by Gasteiger charge is -2.28. The zero-order valence-corrected chi connectivity index (χ0v) is 12.0. The maximum absolute atomic E-state index is 12.0. The molecule has 0 aromatic carbocycles. The molecule has 0 atom stereocenters. The number of imidazole rings is 1. The molecule has 0 unspecified atom stereocenters. The third-order valence-electron chi connectivity index (χ3n) is 2.51. The van der Waals surface area contributed by atoms with Gasteiger partial charge in [-0.05, 0) is 13.3 Å². The SMILES string of the molecule is CCC(CCl)(CCl)NS(=O)(=O)c1cnc(C)[nH]1. The summed E-state index contributed by atoms with van der Waals surface area (Å²) >= 11 is 11.6. The van der Waals surface area contributed by atoms with Gasteiger partial charge in [0, 0.05) is 11.8 Å². The van der Waals surface area contributed by atoms with E-state index in [1.807, 2.05) is 6.92 Å². The Bertz CT molecular complexity index is 460. The van der Waals surface area contributed by atoms with Crippen molar-refractivity contribution < 1.29 is 8.42 Å². The van der Waals surface area contributed by atoms with Gasteiger partial charge in [0.15, 0.2) is 5.03 Å². The van der Waals surface area contributed by atoms with Crippen molar-refractivity contribution in [2.24, 2.45) is 0 Å². The van der Waals surface area contributed by atoms with Gasteiger partial charge in [0.05, 0.1) is 11.7 Å². The van der Waals surface area contributed by atoms with Crippen LogP contribution in [0.2, 0.25) is 0 Å². The highest BCUT2D eigenvalue weighted by Crippen LogP contribution is 2.18. The molecule has 1 aromatic heterocycles. The minimum Gasteiger partial charge on any atom is -0.332 e. The van der Waals surface area contributed by atoms with Crippen LogP contribution < -0.4 is 4.72 Å². The van der Waals surface area contributed by atoms with Gasteiger partial charge in [0.2, 0.25) is 0 Å². The molecule has 0 radical (unpaired) electrons. The number of nitrogens with zero attached hydrogens (tertiary/aromatic N) is 1. The van der Waals surface area contributed by atoms with Crippen LogP contribution >= 0.6 is 23.2 Å². The van der Waals surface area contributed by atoms with Crippen LogP contribution in [0.3, 0.4) is 0 Å². The first kappa shape index (κ1) is 14.8. The van der Waals surface area contributed by atoms with Gasteiger partial charge < -0.3 is 4.98 Å². The lowest BCUT2D eigenvalue weighted by molar-refractivity contribution is 0.448. The molecular weight excluding hydrogens is 285 g/mol. The molecule has 0 aliphatic rings. The normalized spacial score (nSPS) is 12.9. The van der Waals surface area contributed by atoms with Gasteiger partial charge in [-0.25, -0.2) is 18.1 Å². The Morgan fingerprint density at radius 1 is 1.47 bits per heavy atom. The monoisotopic (exact) mass is 299 g/mol. The van der Waals surface area contributed by atoms with Crippen LogP contribution in [0.25, 0.3) is 0 Å². The van der Waals surface area contributed by atoms with Gasteiger partial charge in [-0.3, -0.25) is 0 Å². The smallest absolute Gasteiger partial charge is 0.258 e. The Labute approximate surface area is 111 Å². The van der Waals surface area contributed by atoms with Gasteiger partial charge in [0.25, 0.3) is 10.0 Å². The minimum absolute atomic E-state index is 0.0167. The molecular formula is C9H15Cl2N3O2S. The first-order valence-electron chi connectivity index (χ1n) is 5.06. The highest BCUT2D eigenvalue weighted by Gasteiger charge is 2.33. The Morgan fingerprint density at radius 3 is 2.41 bits per heavy atom. The van der Waals surface area contributed by atoms with Crippen molar-refractivity contribution in [3.05, 3.63) is 12.0 Å². The highest BCUT2D eigenvalue weighted by atomic mass is 35.5. The quantitative estimate of drug-likeness (QED) is 0.784. The molecule has 98 valence electrons. The third-order valence-corrected chi connectivity index (χ3v) is 5.02. The summed E-state index contributed by atoms with van der Waals surface area (Å²) in [7, 11) is -3.67. The number of aryl methyl sites for hydroxylation is 1. The van der Waals surface area contributed by atoms with Crippen LogP contribution in [-0.4, -0.2) is 35.7 Å². The lowest BCUT2D eigenvalue weighted by Crippen LogP contribution is -2.51. The summed E-state index contributed by atoms with van der Waals surface area (Å²) in [5.41, 5.74) is -0.832. The van der Waals surface area contributed by atoms with Crippen molar-refractivity contribution in [1.29, 1.82) is 0 Å². The van der Waals surface area contributed by atoms with Gasteiger partial charge in [-0.2, -0.15) is 0 Å². The number of aromatic nitrogens is 2. The van der Waals surface area contributed by atoms with Crippen molar-refractivity contribution >= 4 is 33.2 Å². The second kappa shape index (κ2) is 5.56. The molecule has 0 saturated carbocycles. The number of H-pyrrole nitrogens is 1. The number of hydrogen-bond acceptors (Lipinski definition) is 3. The molecule has 1 aromatic rings. The number of nitrogens with one attached hydrogen (secondary N) is 2. The molecule has 0 aliphatic heterocycles.